The van der Waals surface area contributed by atoms with Gasteiger partial charge in [-0.3, -0.25) is 0 Å². The van der Waals surface area contributed by atoms with Crippen LogP contribution in [0.1, 0.15) is 12.5 Å². The molecule has 2 aromatic carbocycles. The van der Waals surface area contributed by atoms with Crippen molar-refractivity contribution in [3.63, 3.8) is 0 Å². The lowest BCUT2D eigenvalue weighted by molar-refractivity contribution is 0.310. The van der Waals surface area contributed by atoms with Crippen LogP contribution < -0.4 is 4.74 Å². The first kappa shape index (κ1) is 10.8. The molecule has 80 valence electrons. The third-order valence-electron chi connectivity index (χ3n) is 2.25. The molecule has 2 aromatic rings. The van der Waals surface area contributed by atoms with Gasteiger partial charge in [0.1, 0.15) is 11.2 Å². The number of hydrogen-bond acceptors (Lipinski definition) is 3. The van der Waals surface area contributed by atoms with Gasteiger partial charge in [0.2, 0.25) is 0 Å². The molecule has 0 aliphatic heterocycles. The summed E-state index contributed by atoms with van der Waals surface area (Å²) in [6.07, 6.45) is 0. The Morgan fingerprint density at radius 2 is 1.88 bits per heavy atom. The Labute approximate surface area is 99.9 Å². The fraction of sp³-hybridized carbons (Fsp3) is 0.154. The van der Waals surface area contributed by atoms with Crippen molar-refractivity contribution >= 4 is 23.4 Å². The van der Waals surface area contributed by atoms with E-state index in [4.69, 9.17) is 10.00 Å². The summed E-state index contributed by atoms with van der Waals surface area (Å²) >= 11 is 4.17. The molecule has 0 saturated carbocycles. The second-order valence-corrected chi connectivity index (χ2v) is 4.28. The Hall–Kier alpha value is -1.66. The van der Waals surface area contributed by atoms with Crippen LogP contribution in [0.3, 0.4) is 0 Å². The van der Waals surface area contributed by atoms with Gasteiger partial charge in [-0.05, 0) is 42.0 Å². The van der Waals surface area contributed by atoms with Gasteiger partial charge in [-0.1, -0.05) is 12.1 Å². The highest BCUT2D eigenvalue weighted by molar-refractivity contribution is 7.80. The van der Waals surface area contributed by atoms with Crippen LogP contribution in [0.5, 0.6) is 5.75 Å². The summed E-state index contributed by atoms with van der Waals surface area (Å²) in [5.41, 5.74) is 0.541. The Bertz CT molecular complexity index is 557. The van der Waals surface area contributed by atoms with E-state index in [-0.39, 0.29) is 5.44 Å². The van der Waals surface area contributed by atoms with Crippen molar-refractivity contribution in [2.75, 3.05) is 0 Å². The predicted molar refractivity (Wildman–Crippen MR) is 67.7 cm³/mol. The van der Waals surface area contributed by atoms with Crippen LogP contribution in [0.15, 0.2) is 36.4 Å². The number of benzene rings is 2. The third-order valence-corrected chi connectivity index (χ3v) is 2.35. The average molecular weight is 229 g/mol. The molecule has 0 aliphatic rings. The van der Waals surface area contributed by atoms with Crippen molar-refractivity contribution in [3.05, 3.63) is 42.0 Å². The van der Waals surface area contributed by atoms with Crippen LogP contribution in [0.25, 0.3) is 10.8 Å². The lowest BCUT2D eigenvalue weighted by Crippen LogP contribution is -2.02. The molecule has 2 rings (SSSR count). The molecule has 0 amide bonds. The lowest BCUT2D eigenvalue weighted by atomic mass is 10.1. The Balaban J connectivity index is 2.44. The highest BCUT2D eigenvalue weighted by Gasteiger charge is 2.01. The number of ether oxygens (including phenoxy) is 1. The van der Waals surface area contributed by atoms with Gasteiger partial charge in [0, 0.05) is 0 Å². The molecule has 1 unspecified atom stereocenters. The summed E-state index contributed by atoms with van der Waals surface area (Å²) in [5, 5.41) is 10.9. The van der Waals surface area contributed by atoms with Crippen LogP contribution in [0.2, 0.25) is 0 Å². The monoisotopic (exact) mass is 229 g/mol. The first-order chi connectivity index (χ1) is 7.69. The van der Waals surface area contributed by atoms with Crippen molar-refractivity contribution < 1.29 is 4.74 Å². The molecule has 0 bridgehead atoms. The topological polar surface area (TPSA) is 33.0 Å². The van der Waals surface area contributed by atoms with Crippen molar-refractivity contribution in [1.29, 1.82) is 5.26 Å². The minimum Gasteiger partial charge on any atom is -0.480 e. The molecular weight excluding hydrogens is 218 g/mol. The normalized spacial score (nSPS) is 12.1. The maximum absolute atomic E-state index is 8.79. The van der Waals surface area contributed by atoms with Gasteiger partial charge < -0.3 is 4.74 Å². The summed E-state index contributed by atoms with van der Waals surface area (Å²) in [6, 6.07) is 13.5. The van der Waals surface area contributed by atoms with Crippen molar-refractivity contribution in [2.24, 2.45) is 0 Å². The van der Waals surface area contributed by atoms with Crippen LogP contribution in [-0.4, -0.2) is 5.44 Å². The summed E-state index contributed by atoms with van der Waals surface area (Å²) in [5.74, 6) is 0.791. The summed E-state index contributed by atoms with van der Waals surface area (Å²) < 4.78 is 5.48. The fourth-order valence-electron chi connectivity index (χ4n) is 1.56. The number of thiol groups is 1. The molecule has 2 nitrogen and oxygen atoms in total. The van der Waals surface area contributed by atoms with Gasteiger partial charge in [0.25, 0.3) is 0 Å². The minimum atomic E-state index is -0.129. The van der Waals surface area contributed by atoms with E-state index < -0.39 is 0 Å². The quantitative estimate of drug-likeness (QED) is 0.632. The highest BCUT2D eigenvalue weighted by Crippen LogP contribution is 2.23. The van der Waals surface area contributed by atoms with E-state index in [1.165, 1.54) is 0 Å². The van der Waals surface area contributed by atoms with E-state index in [1.54, 1.807) is 6.07 Å². The van der Waals surface area contributed by atoms with Crippen LogP contribution in [0.4, 0.5) is 0 Å². The van der Waals surface area contributed by atoms with E-state index in [9.17, 15) is 0 Å². The molecule has 0 aromatic heterocycles. The first-order valence-electron chi connectivity index (χ1n) is 4.98. The van der Waals surface area contributed by atoms with Crippen molar-refractivity contribution in [1.82, 2.24) is 0 Å². The molecular formula is C13H11NOS. The number of nitriles is 1. The molecule has 0 N–H and O–H groups in total. The van der Waals surface area contributed by atoms with E-state index in [0.29, 0.717) is 5.56 Å². The van der Waals surface area contributed by atoms with Gasteiger partial charge >= 0.3 is 0 Å². The molecule has 0 spiro atoms. The zero-order valence-corrected chi connectivity index (χ0v) is 9.74. The lowest BCUT2D eigenvalue weighted by Gasteiger charge is -2.09. The SMILES string of the molecule is CC(S)Oc1ccc2cc(C#N)ccc2c1. The average Bonchev–Trinajstić information content (AvgIpc) is 2.27. The molecule has 0 radical (unpaired) electrons. The number of nitrogens with zero attached hydrogens (tertiary/aromatic N) is 1. The van der Waals surface area contributed by atoms with E-state index >= 15 is 0 Å². The molecule has 1 atom stereocenters. The van der Waals surface area contributed by atoms with Gasteiger partial charge in [-0.25, -0.2) is 0 Å². The van der Waals surface area contributed by atoms with Gasteiger partial charge in [0.05, 0.1) is 11.6 Å². The third kappa shape index (κ3) is 2.29. The predicted octanol–water partition coefficient (Wildman–Crippen LogP) is 3.37. The minimum absolute atomic E-state index is 0.129. The highest BCUT2D eigenvalue weighted by atomic mass is 32.1. The van der Waals surface area contributed by atoms with Crippen LogP contribution >= 0.6 is 12.6 Å². The Morgan fingerprint density at radius 3 is 2.56 bits per heavy atom. The zero-order valence-electron chi connectivity index (χ0n) is 8.84. The van der Waals surface area contributed by atoms with Gasteiger partial charge in [-0.15, -0.1) is 12.6 Å². The Kier molecular flexibility index (Phi) is 3.02. The number of rotatable bonds is 2. The maximum Gasteiger partial charge on any atom is 0.138 e. The van der Waals surface area contributed by atoms with Gasteiger partial charge in [-0.2, -0.15) is 5.26 Å². The fourth-order valence-corrected chi connectivity index (χ4v) is 1.69. The number of fused-ring (bicyclic) bond motifs is 1. The van der Waals surface area contributed by atoms with Crippen LogP contribution in [0, 0.1) is 11.3 Å². The van der Waals surface area contributed by atoms with Gasteiger partial charge in [0.15, 0.2) is 0 Å². The number of hydrogen-bond donors (Lipinski definition) is 1. The van der Waals surface area contributed by atoms with Crippen molar-refractivity contribution in [2.45, 2.75) is 12.4 Å². The molecule has 0 aliphatic carbocycles. The first-order valence-corrected chi connectivity index (χ1v) is 5.49. The summed E-state index contributed by atoms with van der Waals surface area (Å²) in [6.45, 7) is 1.87. The largest absolute Gasteiger partial charge is 0.480 e. The zero-order chi connectivity index (χ0) is 11.5. The summed E-state index contributed by atoms with van der Waals surface area (Å²) in [4.78, 5) is 0. The molecule has 0 fully saturated rings. The molecule has 0 heterocycles. The van der Waals surface area contributed by atoms with E-state index in [1.807, 2.05) is 37.3 Å². The smallest absolute Gasteiger partial charge is 0.138 e. The van der Waals surface area contributed by atoms with Crippen LogP contribution in [-0.2, 0) is 0 Å². The van der Waals surface area contributed by atoms with E-state index in [2.05, 4.69) is 18.7 Å². The van der Waals surface area contributed by atoms with E-state index in [0.717, 1.165) is 16.5 Å². The summed E-state index contributed by atoms with van der Waals surface area (Å²) in [7, 11) is 0. The molecule has 0 saturated heterocycles. The standard InChI is InChI=1S/C13H11NOS/c1-9(16)15-13-5-4-11-6-10(8-14)2-3-12(11)7-13/h2-7,9,16H,1H3. The Morgan fingerprint density at radius 1 is 1.19 bits per heavy atom. The molecule has 3 heteroatoms. The molecule has 16 heavy (non-hydrogen) atoms. The van der Waals surface area contributed by atoms with Crippen molar-refractivity contribution in [3.8, 4) is 11.8 Å². The second kappa shape index (κ2) is 4.46. The second-order valence-electron chi connectivity index (χ2n) is 3.55. The maximum atomic E-state index is 8.79.